The number of ether oxygens (including phenoxy) is 3. The van der Waals surface area contributed by atoms with Gasteiger partial charge in [-0.3, -0.25) is 0 Å². The second-order valence-corrected chi connectivity index (χ2v) is 7.11. The van der Waals surface area contributed by atoms with Crippen LogP contribution in [0.25, 0.3) is 0 Å². The maximum absolute atomic E-state index is 12.4. The zero-order valence-electron chi connectivity index (χ0n) is 16.4. The van der Waals surface area contributed by atoms with Crippen LogP contribution < -0.4 is 24.0 Å². The smallest absolute Gasteiger partial charge is 0.420 e. The molecule has 0 aliphatic heterocycles. The van der Waals surface area contributed by atoms with E-state index < -0.39 is 23.4 Å². The lowest BCUT2D eigenvalue weighted by atomic mass is 10.1. The third kappa shape index (κ3) is 7.30. The predicted molar refractivity (Wildman–Crippen MR) is 95.1 cm³/mol. The van der Waals surface area contributed by atoms with Crippen molar-refractivity contribution in [1.29, 1.82) is 0 Å². The molecule has 0 saturated carbocycles. The van der Waals surface area contributed by atoms with E-state index in [0.29, 0.717) is 21.9 Å². The number of aromatic nitrogens is 2. The lowest BCUT2D eigenvalue weighted by Crippen LogP contribution is -3.00. The van der Waals surface area contributed by atoms with Gasteiger partial charge in [0.25, 0.3) is 0 Å². The minimum atomic E-state index is -0.670. The highest BCUT2D eigenvalue weighted by molar-refractivity contribution is 8.13. The van der Waals surface area contributed by atoms with Crippen LogP contribution in [-0.2, 0) is 25.4 Å². The Hall–Kier alpha value is -1.34. The van der Waals surface area contributed by atoms with E-state index in [1.807, 2.05) is 21.1 Å². The summed E-state index contributed by atoms with van der Waals surface area (Å²) in [6.45, 7) is 3.74. The number of hydrogen-bond donors (Lipinski definition) is 0. The standard InChI is InChI=1S/C16H26N3O6S.HI/c1-7-24-15(21)18-11(9-12(13(20)23-6)19(3,4)5)10-17-14(18)26-16(22)25-8-2;/h10,12H,7-9H2,1-6H3;1H/q+1;/p-1/t12-;/m0./s1. The molecule has 0 bridgehead atoms. The maximum atomic E-state index is 12.4. The number of quaternary nitrogens is 1. The summed E-state index contributed by atoms with van der Waals surface area (Å²) >= 11 is 0.687. The predicted octanol–water partition coefficient (Wildman–Crippen LogP) is -1.07. The highest BCUT2D eigenvalue weighted by Crippen LogP contribution is 2.23. The molecular formula is C16H26IN3O6S. The summed E-state index contributed by atoms with van der Waals surface area (Å²) in [4.78, 5) is 40.4. The van der Waals surface area contributed by atoms with E-state index >= 15 is 0 Å². The van der Waals surface area contributed by atoms with Gasteiger partial charge in [0, 0.05) is 11.8 Å². The van der Waals surface area contributed by atoms with Crippen LogP contribution in [0.4, 0.5) is 9.59 Å². The van der Waals surface area contributed by atoms with Crippen molar-refractivity contribution in [1.82, 2.24) is 9.55 Å². The Morgan fingerprint density at radius 1 is 1.19 bits per heavy atom. The largest absolute Gasteiger partial charge is 1.00 e. The van der Waals surface area contributed by atoms with Crippen LogP contribution in [0.1, 0.15) is 19.5 Å². The first-order chi connectivity index (χ1) is 12.1. The minimum absolute atomic E-state index is 0. The number of carbonyl (C=O) groups excluding carboxylic acids is 3. The van der Waals surface area contributed by atoms with Crippen molar-refractivity contribution in [2.75, 3.05) is 41.5 Å². The van der Waals surface area contributed by atoms with E-state index in [1.54, 1.807) is 13.8 Å². The Morgan fingerprint density at radius 2 is 1.78 bits per heavy atom. The van der Waals surface area contributed by atoms with Gasteiger partial charge in [-0.25, -0.2) is 23.9 Å². The van der Waals surface area contributed by atoms with Crippen molar-refractivity contribution in [2.45, 2.75) is 31.5 Å². The summed E-state index contributed by atoms with van der Waals surface area (Å²) in [5.74, 6) is -0.409. The first-order valence-corrected chi connectivity index (χ1v) is 8.94. The molecule has 11 heteroatoms. The summed E-state index contributed by atoms with van der Waals surface area (Å²) in [6.07, 6.45) is 0.965. The molecule has 0 radical (unpaired) electrons. The molecule has 0 N–H and O–H groups in total. The third-order valence-corrected chi connectivity index (χ3v) is 4.26. The van der Waals surface area contributed by atoms with Gasteiger partial charge in [-0.05, 0) is 13.8 Å². The molecule has 9 nitrogen and oxygen atoms in total. The second-order valence-electron chi connectivity index (χ2n) is 6.21. The lowest BCUT2D eigenvalue weighted by Gasteiger charge is -2.32. The van der Waals surface area contributed by atoms with Crippen molar-refractivity contribution >= 4 is 29.1 Å². The van der Waals surface area contributed by atoms with Gasteiger partial charge in [-0.2, -0.15) is 0 Å². The fourth-order valence-electron chi connectivity index (χ4n) is 2.20. The van der Waals surface area contributed by atoms with E-state index in [1.165, 1.54) is 17.9 Å². The Labute approximate surface area is 180 Å². The molecule has 0 unspecified atom stereocenters. The van der Waals surface area contributed by atoms with Gasteiger partial charge in [0.2, 0.25) is 0 Å². The van der Waals surface area contributed by atoms with Crippen LogP contribution in [0.15, 0.2) is 11.4 Å². The summed E-state index contributed by atoms with van der Waals surface area (Å²) in [5, 5.41) is -0.451. The molecule has 0 fully saturated rings. The molecule has 27 heavy (non-hydrogen) atoms. The summed E-state index contributed by atoms with van der Waals surface area (Å²) in [5.41, 5.74) is 0.443. The number of thioether (sulfide) groups is 1. The zero-order chi connectivity index (χ0) is 19.9. The third-order valence-electron chi connectivity index (χ3n) is 3.50. The number of rotatable bonds is 7. The molecule has 1 aromatic heterocycles. The quantitative estimate of drug-likeness (QED) is 0.149. The van der Waals surface area contributed by atoms with Crippen molar-refractivity contribution < 1.29 is 57.1 Å². The Balaban J connectivity index is 0.00000676. The molecular weight excluding hydrogens is 489 g/mol. The van der Waals surface area contributed by atoms with Gasteiger partial charge in [-0.15, -0.1) is 0 Å². The van der Waals surface area contributed by atoms with Crippen molar-refractivity contribution in [3.8, 4) is 0 Å². The van der Waals surface area contributed by atoms with E-state index in [-0.39, 0.29) is 48.8 Å². The average molecular weight is 515 g/mol. The Bertz CT molecular complexity index is 659. The zero-order valence-corrected chi connectivity index (χ0v) is 19.3. The molecule has 0 spiro atoms. The molecule has 0 aliphatic carbocycles. The molecule has 154 valence electrons. The molecule has 1 atom stereocenters. The fourth-order valence-corrected chi connectivity index (χ4v) is 2.91. The van der Waals surface area contributed by atoms with Gasteiger partial charge in [-0.1, -0.05) is 0 Å². The minimum Gasteiger partial charge on any atom is -1.00 e. The number of methoxy groups -OCH3 is 1. The number of imidazole rings is 1. The molecule has 0 amide bonds. The van der Waals surface area contributed by atoms with Gasteiger partial charge < -0.3 is 42.7 Å². The van der Waals surface area contributed by atoms with Gasteiger partial charge in [0.15, 0.2) is 11.2 Å². The average Bonchev–Trinajstić information content (AvgIpc) is 2.93. The topological polar surface area (TPSA) is 96.7 Å². The fraction of sp³-hybridized carbons (Fsp3) is 0.625. The van der Waals surface area contributed by atoms with Crippen molar-refractivity contribution in [2.24, 2.45) is 0 Å². The summed E-state index contributed by atoms with van der Waals surface area (Å²) in [6, 6.07) is -0.565. The normalized spacial score (nSPS) is 11.9. The monoisotopic (exact) mass is 515 g/mol. The number of likely N-dealkylation sites (N-methyl/N-ethyl adjacent to an activating group) is 1. The molecule has 0 saturated heterocycles. The van der Waals surface area contributed by atoms with Crippen LogP contribution in [0.2, 0.25) is 0 Å². The van der Waals surface area contributed by atoms with E-state index in [2.05, 4.69) is 4.98 Å². The number of esters is 1. The van der Waals surface area contributed by atoms with Crippen LogP contribution in [-0.4, -0.2) is 78.9 Å². The molecule has 1 rings (SSSR count). The van der Waals surface area contributed by atoms with E-state index in [4.69, 9.17) is 14.2 Å². The number of carbonyl (C=O) groups is 3. The second kappa shape index (κ2) is 11.5. The van der Waals surface area contributed by atoms with Crippen LogP contribution in [0.3, 0.4) is 0 Å². The van der Waals surface area contributed by atoms with Crippen molar-refractivity contribution in [3.05, 3.63) is 11.9 Å². The highest BCUT2D eigenvalue weighted by atomic mass is 127. The lowest BCUT2D eigenvalue weighted by molar-refractivity contribution is -0.887. The van der Waals surface area contributed by atoms with Crippen molar-refractivity contribution in [3.63, 3.8) is 0 Å². The van der Waals surface area contributed by atoms with Gasteiger partial charge >= 0.3 is 17.4 Å². The van der Waals surface area contributed by atoms with Crippen LogP contribution >= 0.6 is 11.8 Å². The van der Waals surface area contributed by atoms with Gasteiger partial charge in [0.05, 0.1) is 59.8 Å². The molecule has 1 aromatic rings. The maximum Gasteiger partial charge on any atom is 0.420 e. The number of hydrogen-bond acceptors (Lipinski definition) is 8. The number of nitrogens with zero attached hydrogens (tertiary/aromatic N) is 3. The van der Waals surface area contributed by atoms with E-state index in [9.17, 15) is 14.4 Å². The first kappa shape index (κ1) is 25.7. The SMILES string of the molecule is CCOC(=O)Sc1ncc(C[C@@H](C(=O)OC)[N+](C)(C)C)n1C(=O)OCC.[I-]. The molecule has 0 aliphatic rings. The van der Waals surface area contributed by atoms with Crippen LogP contribution in [0, 0.1) is 0 Å². The Kier molecular flexibility index (Phi) is 10.9. The first-order valence-electron chi connectivity index (χ1n) is 8.12. The molecule has 1 heterocycles. The summed E-state index contributed by atoms with van der Waals surface area (Å²) < 4.78 is 16.3. The summed E-state index contributed by atoms with van der Waals surface area (Å²) in [7, 11) is 6.86. The number of halogens is 1. The highest BCUT2D eigenvalue weighted by Gasteiger charge is 2.35. The van der Waals surface area contributed by atoms with Gasteiger partial charge in [0.1, 0.15) is 0 Å². The Morgan fingerprint density at radius 3 is 2.26 bits per heavy atom. The molecule has 0 aromatic carbocycles. The van der Waals surface area contributed by atoms with Crippen LogP contribution in [0.5, 0.6) is 0 Å². The van der Waals surface area contributed by atoms with E-state index in [0.717, 1.165) is 0 Å².